The van der Waals surface area contributed by atoms with Gasteiger partial charge in [0.2, 0.25) is 0 Å². The molecule has 5 rings (SSSR count). The fourth-order valence-corrected chi connectivity index (χ4v) is 4.58. The van der Waals surface area contributed by atoms with E-state index in [1.165, 1.54) is 12.1 Å². The average molecular weight is 441 g/mol. The zero-order valence-corrected chi connectivity index (χ0v) is 17.8. The molecule has 1 atom stereocenters. The molecule has 1 saturated carbocycles. The van der Waals surface area contributed by atoms with Gasteiger partial charge in [-0.2, -0.15) is 0 Å². The molecule has 0 aliphatic heterocycles. The van der Waals surface area contributed by atoms with Crippen LogP contribution in [-0.2, 0) is 6.42 Å². The van der Waals surface area contributed by atoms with E-state index in [-0.39, 0.29) is 11.9 Å². The fraction of sp³-hybridized carbons (Fsp3) is 0.261. The Balaban J connectivity index is 1.73. The van der Waals surface area contributed by atoms with Crippen LogP contribution in [-0.4, -0.2) is 19.5 Å². The summed E-state index contributed by atoms with van der Waals surface area (Å²) in [6, 6.07) is 12.2. The lowest BCUT2D eigenvalue weighted by Gasteiger charge is -2.21. The van der Waals surface area contributed by atoms with Gasteiger partial charge in [-0.1, -0.05) is 42.3 Å². The first-order valence-electron chi connectivity index (χ1n) is 9.99. The summed E-state index contributed by atoms with van der Waals surface area (Å²) in [5.74, 6) is 1.18. The Hall–Kier alpha value is -2.50. The molecule has 7 heteroatoms. The van der Waals surface area contributed by atoms with Crippen molar-refractivity contribution < 1.29 is 4.39 Å². The summed E-state index contributed by atoms with van der Waals surface area (Å²) < 4.78 is 15.8. The molecule has 1 aliphatic carbocycles. The highest BCUT2D eigenvalue weighted by Crippen LogP contribution is 2.45. The van der Waals surface area contributed by atoms with Crippen LogP contribution >= 0.6 is 23.2 Å². The first-order chi connectivity index (χ1) is 14.6. The predicted molar refractivity (Wildman–Crippen MR) is 117 cm³/mol. The molecule has 1 aliphatic rings. The monoisotopic (exact) mass is 440 g/mol. The van der Waals surface area contributed by atoms with Crippen LogP contribution in [0.15, 0.2) is 48.8 Å². The predicted octanol–water partition coefficient (Wildman–Crippen LogP) is 6.50. The van der Waals surface area contributed by atoms with Gasteiger partial charge in [0, 0.05) is 17.0 Å². The smallest absolute Gasteiger partial charge is 0.164 e. The van der Waals surface area contributed by atoms with Gasteiger partial charge in [-0.05, 0) is 54.7 Å². The minimum Gasteiger partial charge on any atom is -0.305 e. The summed E-state index contributed by atoms with van der Waals surface area (Å²) in [7, 11) is 0. The molecule has 1 fully saturated rings. The lowest BCUT2D eigenvalue weighted by Crippen LogP contribution is -2.16. The molecule has 1 unspecified atom stereocenters. The third kappa shape index (κ3) is 3.36. The molecule has 2 aromatic heterocycles. The number of hydrogen-bond donors (Lipinski definition) is 0. The highest BCUT2D eigenvalue weighted by atomic mass is 35.5. The van der Waals surface area contributed by atoms with E-state index in [1.807, 2.05) is 18.2 Å². The Morgan fingerprint density at radius 1 is 1.10 bits per heavy atom. The van der Waals surface area contributed by atoms with Gasteiger partial charge in [0.15, 0.2) is 5.65 Å². The normalized spacial score (nSPS) is 14.9. The molecule has 4 aromatic rings. The van der Waals surface area contributed by atoms with Crippen LogP contribution in [0.1, 0.15) is 37.2 Å². The molecule has 2 aromatic carbocycles. The van der Waals surface area contributed by atoms with Gasteiger partial charge < -0.3 is 4.57 Å². The third-order valence-electron chi connectivity index (χ3n) is 5.61. The van der Waals surface area contributed by atoms with E-state index in [0.717, 1.165) is 41.9 Å². The molecule has 0 bridgehead atoms. The maximum atomic E-state index is 13.6. The van der Waals surface area contributed by atoms with E-state index < -0.39 is 0 Å². The van der Waals surface area contributed by atoms with Crippen molar-refractivity contribution in [3.05, 3.63) is 76.0 Å². The van der Waals surface area contributed by atoms with Crippen molar-refractivity contribution in [1.29, 1.82) is 0 Å². The maximum Gasteiger partial charge on any atom is 0.164 e. The Kier molecular flexibility index (Phi) is 4.95. The van der Waals surface area contributed by atoms with Crippen LogP contribution in [0.5, 0.6) is 0 Å². The van der Waals surface area contributed by atoms with Gasteiger partial charge in [-0.3, -0.25) is 0 Å². The van der Waals surface area contributed by atoms with Crippen molar-refractivity contribution in [2.24, 2.45) is 5.92 Å². The number of imidazole rings is 1. The van der Waals surface area contributed by atoms with Gasteiger partial charge in [-0.25, -0.2) is 19.3 Å². The van der Waals surface area contributed by atoms with Gasteiger partial charge >= 0.3 is 0 Å². The molecule has 0 amide bonds. The molecule has 0 radical (unpaired) electrons. The fourth-order valence-electron chi connectivity index (χ4n) is 4.08. The van der Waals surface area contributed by atoms with Gasteiger partial charge in [0.05, 0.1) is 11.1 Å². The minimum absolute atomic E-state index is 0.0639. The summed E-state index contributed by atoms with van der Waals surface area (Å²) in [6.45, 7) is 2.08. The second-order valence-electron chi connectivity index (χ2n) is 7.60. The van der Waals surface area contributed by atoms with Gasteiger partial charge in [0.1, 0.15) is 29.2 Å². The molecule has 0 N–H and O–H groups in total. The standard InChI is InChI=1S/C23H19Cl2FN4/c1-2-19-29-21-20(17-10-7-15(24)11-18(17)25)27-12-28-23(21)30(19)22(13-3-4-13)14-5-8-16(26)9-6-14/h5-13,22H,2-4H2,1H3. The molecule has 4 nitrogen and oxygen atoms in total. The second kappa shape index (κ2) is 7.64. The minimum atomic E-state index is -0.235. The maximum absolute atomic E-state index is 13.6. The summed E-state index contributed by atoms with van der Waals surface area (Å²) in [5.41, 5.74) is 4.00. The number of fused-ring (bicyclic) bond motifs is 1. The van der Waals surface area contributed by atoms with E-state index in [9.17, 15) is 4.39 Å². The Bertz CT molecular complexity index is 1230. The largest absolute Gasteiger partial charge is 0.305 e. The number of aromatic nitrogens is 4. The highest BCUT2D eigenvalue weighted by molar-refractivity contribution is 6.36. The lowest BCUT2D eigenvalue weighted by atomic mass is 10.0. The summed E-state index contributed by atoms with van der Waals surface area (Å²) in [4.78, 5) is 14.0. The molecule has 30 heavy (non-hydrogen) atoms. The van der Waals surface area contributed by atoms with Crippen molar-refractivity contribution in [2.45, 2.75) is 32.2 Å². The zero-order valence-electron chi connectivity index (χ0n) is 16.3. The first kappa shape index (κ1) is 19.5. The summed E-state index contributed by atoms with van der Waals surface area (Å²) in [6.07, 6.45) is 4.56. The number of hydrogen-bond acceptors (Lipinski definition) is 3. The lowest BCUT2D eigenvalue weighted by molar-refractivity contribution is 0.510. The first-order valence-corrected chi connectivity index (χ1v) is 10.7. The average Bonchev–Trinajstić information content (AvgIpc) is 3.50. The van der Waals surface area contributed by atoms with Crippen molar-refractivity contribution in [1.82, 2.24) is 19.5 Å². The van der Waals surface area contributed by atoms with E-state index >= 15 is 0 Å². The molecular weight excluding hydrogens is 422 g/mol. The number of halogens is 3. The van der Waals surface area contributed by atoms with E-state index in [2.05, 4.69) is 21.5 Å². The van der Waals surface area contributed by atoms with Gasteiger partial charge in [-0.15, -0.1) is 0 Å². The van der Waals surface area contributed by atoms with Crippen LogP contribution in [0.25, 0.3) is 22.4 Å². The molecule has 0 saturated heterocycles. The zero-order chi connectivity index (χ0) is 20.8. The number of rotatable bonds is 5. The summed E-state index contributed by atoms with van der Waals surface area (Å²) >= 11 is 12.5. The quantitative estimate of drug-likeness (QED) is 0.355. The van der Waals surface area contributed by atoms with E-state index in [1.54, 1.807) is 18.5 Å². The Labute approximate surface area is 183 Å². The van der Waals surface area contributed by atoms with Crippen molar-refractivity contribution in [3.63, 3.8) is 0 Å². The number of nitrogens with zero attached hydrogens (tertiary/aromatic N) is 4. The molecule has 0 spiro atoms. The number of aryl methyl sites for hydroxylation is 1. The number of benzene rings is 2. The molecule has 152 valence electrons. The third-order valence-corrected chi connectivity index (χ3v) is 6.16. The Morgan fingerprint density at radius 2 is 1.87 bits per heavy atom. The van der Waals surface area contributed by atoms with Crippen LogP contribution in [0.3, 0.4) is 0 Å². The topological polar surface area (TPSA) is 43.6 Å². The van der Waals surface area contributed by atoms with Crippen LogP contribution in [0.2, 0.25) is 10.0 Å². The van der Waals surface area contributed by atoms with Crippen LogP contribution in [0.4, 0.5) is 4.39 Å². The highest BCUT2D eigenvalue weighted by Gasteiger charge is 2.36. The summed E-state index contributed by atoms with van der Waals surface area (Å²) in [5, 5.41) is 1.09. The van der Waals surface area contributed by atoms with E-state index in [4.69, 9.17) is 28.2 Å². The second-order valence-corrected chi connectivity index (χ2v) is 8.45. The Morgan fingerprint density at radius 3 is 2.53 bits per heavy atom. The van der Waals surface area contributed by atoms with Crippen LogP contribution < -0.4 is 0 Å². The van der Waals surface area contributed by atoms with Crippen molar-refractivity contribution >= 4 is 34.4 Å². The van der Waals surface area contributed by atoms with Crippen molar-refractivity contribution in [2.75, 3.05) is 0 Å². The van der Waals surface area contributed by atoms with Gasteiger partial charge in [0.25, 0.3) is 0 Å². The molecule has 2 heterocycles. The van der Waals surface area contributed by atoms with Crippen molar-refractivity contribution in [3.8, 4) is 11.3 Å². The van der Waals surface area contributed by atoms with E-state index in [0.29, 0.717) is 27.2 Å². The molecular formula is C23H19Cl2FN4. The SMILES string of the molecule is CCc1nc2c(-c3ccc(Cl)cc3Cl)ncnc2n1C(c1ccc(F)cc1)C1CC1. The van der Waals surface area contributed by atoms with Crippen LogP contribution in [0, 0.1) is 11.7 Å².